The van der Waals surface area contributed by atoms with Gasteiger partial charge in [0.15, 0.2) is 0 Å². The first kappa shape index (κ1) is 11.7. The lowest BCUT2D eigenvalue weighted by Crippen LogP contribution is -2.45. The molecule has 10 heteroatoms. The van der Waals surface area contributed by atoms with Crippen molar-refractivity contribution in [1.82, 2.24) is 9.62 Å². The fourth-order valence-corrected chi connectivity index (χ4v) is 1.40. The number of amides is 3. The van der Waals surface area contributed by atoms with E-state index < -0.39 is 33.4 Å². The Morgan fingerprint density at radius 2 is 2.07 bits per heavy atom. The van der Waals surface area contributed by atoms with E-state index in [-0.39, 0.29) is 0 Å². The number of ether oxygens (including phenoxy) is 1. The van der Waals surface area contributed by atoms with Crippen molar-refractivity contribution in [2.75, 3.05) is 0 Å². The summed E-state index contributed by atoms with van der Waals surface area (Å²) in [6.07, 6.45) is -1.25. The Hall–Kier alpha value is -1.35. The van der Waals surface area contributed by atoms with Crippen molar-refractivity contribution < 1.29 is 27.5 Å². The molecule has 1 unspecified atom stereocenters. The van der Waals surface area contributed by atoms with Gasteiger partial charge in [0.05, 0.1) is 0 Å². The van der Waals surface area contributed by atoms with Crippen molar-refractivity contribution in [3.05, 3.63) is 0 Å². The smallest absolute Gasteiger partial charge is 0.374 e. The summed E-state index contributed by atoms with van der Waals surface area (Å²) in [7, 11) is 0.402. The second kappa shape index (κ2) is 3.66. The van der Waals surface area contributed by atoms with Crippen LogP contribution in [-0.2, 0) is 18.8 Å². The first-order valence-electron chi connectivity index (χ1n) is 3.53. The van der Waals surface area contributed by atoms with Gasteiger partial charge in [-0.3, -0.25) is 0 Å². The van der Waals surface area contributed by atoms with E-state index in [1.807, 2.05) is 0 Å². The summed E-state index contributed by atoms with van der Waals surface area (Å²) in [4.78, 5) is 33.2. The van der Waals surface area contributed by atoms with Crippen LogP contribution in [0.2, 0.25) is 0 Å². The molecule has 0 saturated carbocycles. The zero-order valence-electron chi connectivity index (χ0n) is 7.26. The molecule has 0 bridgehead atoms. The van der Waals surface area contributed by atoms with Crippen molar-refractivity contribution in [1.29, 1.82) is 0 Å². The molecule has 0 aromatic carbocycles. The molecular weight excluding hydrogens is 252 g/mol. The molecule has 0 aromatic heterocycles. The van der Waals surface area contributed by atoms with Gasteiger partial charge in [0.25, 0.3) is 0 Å². The quantitative estimate of drug-likeness (QED) is 0.386. The number of cyclic esters (lactones) is 2. The normalized spacial score (nSPS) is 21.5. The molecule has 3 amide bonds. The second-order valence-corrected chi connectivity index (χ2v) is 4.88. The van der Waals surface area contributed by atoms with Gasteiger partial charge in [-0.2, -0.15) is 8.42 Å². The molecule has 1 fully saturated rings. The van der Waals surface area contributed by atoms with Crippen LogP contribution < -0.4 is 4.72 Å². The molecule has 1 aliphatic rings. The van der Waals surface area contributed by atoms with Crippen LogP contribution in [0.1, 0.15) is 6.92 Å². The number of esters is 1. The zero-order valence-corrected chi connectivity index (χ0v) is 8.83. The third kappa shape index (κ3) is 2.57. The molecule has 0 radical (unpaired) electrons. The number of hydrogen-bond donors (Lipinski definition) is 1. The molecule has 1 aliphatic heterocycles. The minimum Gasteiger partial charge on any atom is -0.374 e. The van der Waals surface area contributed by atoms with Crippen LogP contribution in [0.15, 0.2) is 0 Å². The fraction of sp³-hybridized carbons (Fsp3) is 0.400. The fourth-order valence-electron chi connectivity index (χ4n) is 0.896. The zero-order chi connectivity index (χ0) is 11.8. The Balaban J connectivity index is 2.85. The van der Waals surface area contributed by atoms with E-state index in [1.165, 1.54) is 11.6 Å². The Morgan fingerprint density at radius 3 is 2.40 bits per heavy atom. The topological polar surface area (TPSA) is 110 Å². The Kier molecular flexibility index (Phi) is 2.86. The summed E-state index contributed by atoms with van der Waals surface area (Å²) in [5.74, 6) is -0.942. The largest absolute Gasteiger partial charge is 0.426 e. The summed E-state index contributed by atoms with van der Waals surface area (Å²) in [6, 6.07) is -2.52. The SMILES string of the molecule is CC1C(=O)OC(=O)N1C(=O)NS(=O)(=O)Cl. The molecule has 84 valence electrons. The Labute approximate surface area is 88.7 Å². The van der Waals surface area contributed by atoms with Crippen LogP contribution in [0.5, 0.6) is 0 Å². The summed E-state index contributed by atoms with van der Waals surface area (Å²) < 4.78 is 26.3. The van der Waals surface area contributed by atoms with Gasteiger partial charge < -0.3 is 4.74 Å². The number of nitrogens with one attached hydrogen (secondary N) is 1. The van der Waals surface area contributed by atoms with Gasteiger partial charge in [0.1, 0.15) is 6.04 Å². The van der Waals surface area contributed by atoms with E-state index in [9.17, 15) is 22.8 Å². The van der Waals surface area contributed by atoms with E-state index in [4.69, 9.17) is 10.7 Å². The Morgan fingerprint density at radius 1 is 1.53 bits per heavy atom. The summed E-state index contributed by atoms with van der Waals surface area (Å²) in [5.41, 5.74) is 0. The molecule has 1 atom stereocenters. The van der Waals surface area contributed by atoms with Crippen LogP contribution in [0.3, 0.4) is 0 Å². The molecule has 1 rings (SSSR count). The Bertz CT molecular complexity index is 431. The lowest BCUT2D eigenvalue weighted by atomic mass is 10.3. The van der Waals surface area contributed by atoms with Gasteiger partial charge in [-0.25, -0.2) is 24.0 Å². The summed E-state index contributed by atoms with van der Waals surface area (Å²) in [6.45, 7) is 1.20. The highest BCUT2D eigenvalue weighted by Gasteiger charge is 2.43. The number of carbonyl (C=O) groups is 3. The minimum atomic E-state index is -4.31. The molecule has 1 saturated heterocycles. The van der Waals surface area contributed by atoms with Gasteiger partial charge >= 0.3 is 27.3 Å². The van der Waals surface area contributed by atoms with Gasteiger partial charge in [-0.05, 0) is 6.92 Å². The third-order valence-corrected chi connectivity index (χ3v) is 2.19. The van der Waals surface area contributed by atoms with Crippen molar-refractivity contribution in [2.24, 2.45) is 0 Å². The van der Waals surface area contributed by atoms with Gasteiger partial charge in [-0.1, -0.05) is 0 Å². The van der Waals surface area contributed by atoms with Crippen molar-refractivity contribution >= 4 is 38.0 Å². The summed E-state index contributed by atoms with van der Waals surface area (Å²) in [5, 5.41) is 0. The van der Waals surface area contributed by atoms with Crippen molar-refractivity contribution in [3.8, 4) is 0 Å². The lowest BCUT2D eigenvalue weighted by molar-refractivity contribution is -0.135. The average molecular weight is 257 g/mol. The van der Waals surface area contributed by atoms with E-state index in [0.717, 1.165) is 0 Å². The predicted octanol–water partition coefficient (Wildman–Crippen LogP) is -0.453. The lowest BCUT2D eigenvalue weighted by Gasteiger charge is -2.13. The van der Waals surface area contributed by atoms with Crippen LogP contribution in [0.4, 0.5) is 9.59 Å². The highest BCUT2D eigenvalue weighted by atomic mass is 35.7. The predicted molar refractivity (Wildman–Crippen MR) is 46.1 cm³/mol. The van der Waals surface area contributed by atoms with Crippen molar-refractivity contribution in [3.63, 3.8) is 0 Å². The number of hydrogen-bond acceptors (Lipinski definition) is 6. The maximum absolute atomic E-state index is 11.1. The first-order valence-corrected chi connectivity index (χ1v) is 5.84. The molecule has 8 nitrogen and oxygen atoms in total. The maximum atomic E-state index is 11.1. The molecule has 0 aliphatic carbocycles. The molecule has 1 heterocycles. The first-order chi connectivity index (χ1) is 6.72. The van der Waals surface area contributed by atoms with Crippen LogP contribution in [0.25, 0.3) is 0 Å². The highest BCUT2D eigenvalue weighted by molar-refractivity contribution is 8.12. The maximum Gasteiger partial charge on any atom is 0.426 e. The van der Waals surface area contributed by atoms with Crippen LogP contribution in [0, 0.1) is 0 Å². The number of rotatable bonds is 1. The minimum absolute atomic E-state index is 0.308. The molecule has 15 heavy (non-hydrogen) atoms. The van der Waals surface area contributed by atoms with Gasteiger partial charge in [-0.15, -0.1) is 0 Å². The number of carbonyl (C=O) groups excluding carboxylic acids is 3. The summed E-state index contributed by atoms with van der Waals surface area (Å²) >= 11 is 0. The highest BCUT2D eigenvalue weighted by Crippen LogP contribution is 2.13. The van der Waals surface area contributed by atoms with Crippen LogP contribution in [-0.4, -0.2) is 37.5 Å². The van der Waals surface area contributed by atoms with Crippen LogP contribution >= 0.6 is 10.7 Å². The van der Waals surface area contributed by atoms with E-state index in [2.05, 4.69) is 4.74 Å². The van der Waals surface area contributed by atoms with E-state index in [1.54, 1.807) is 0 Å². The second-order valence-electron chi connectivity index (χ2n) is 2.58. The number of halogens is 1. The average Bonchev–Trinajstić information content (AvgIpc) is 2.22. The number of imide groups is 1. The van der Waals surface area contributed by atoms with E-state index >= 15 is 0 Å². The molecule has 1 N–H and O–H groups in total. The molecule has 0 spiro atoms. The standard InChI is InChI=1S/C5H5ClN2O6S/c1-2-3(9)14-5(11)8(2)4(10)7-15(6,12)13/h2H,1H3,(H,7,10). The van der Waals surface area contributed by atoms with E-state index in [0.29, 0.717) is 4.90 Å². The monoisotopic (exact) mass is 256 g/mol. The van der Waals surface area contributed by atoms with Gasteiger partial charge in [0.2, 0.25) is 0 Å². The van der Waals surface area contributed by atoms with Crippen molar-refractivity contribution in [2.45, 2.75) is 13.0 Å². The third-order valence-electron chi connectivity index (χ3n) is 1.54. The molecule has 0 aromatic rings. The number of urea groups is 1. The number of nitrogens with zero attached hydrogens (tertiary/aromatic N) is 1. The van der Waals surface area contributed by atoms with Gasteiger partial charge in [0, 0.05) is 10.7 Å². The molecular formula is C5H5ClN2O6S.